The van der Waals surface area contributed by atoms with E-state index in [9.17, 15) is 0 Å². The summed E-state index contributed by atoms with van der Waals surface area (Å²) in [5.74, 6) is 1.67. The summed E-state index contributed by atoms with van der Waals surface area (Å²) in [4.78, 5) is 9.11. The van der Waals surface area contributed by atoms with Gasteiger partial charge in [0.2, 0.25) is 0 Å². The summed E-state index contributed by atoms with van der Waals surface area (Å²) < 4.78 is 7.78. The van der Waals surface area contributed by atoms with Crippen LogP contribution in [0.2, 0.25) is 0 Å². The Morgan fingerprint density at radius 2 is 2.25 bits per heavy atom. The first-order valence-electron chi connectivity index (χ1n) is 6.92. The Hall–Kier alpha value is -2.14. The van der Waals surface area contributed by atoms with Gasteiger partial charge in [-0.2, -0.15) is 0 Å². The molecule has 2 N–H and O–H groups in total. The van der Waals surface area contributed by atoms with Crippen molar-refractivity contribution >= 4 is 11.1 Å². The zero-order valence-corrected chi connectivity index (χ0v) is 11.4. The summed E-state index contributed by atoms with van der Waals surface area (Å²) >= 11 is 0. The predicted molar refractivity (Wildman–Crippen MR) is 76.2 cm³/mol. The van der Waals surface area contributed by atoms with E-state index in [1.807, 2.05) is 19.1 Å². The van der Waals surface area contributed by atoms with Crippen LogP contribution in [-0.2, 0) is 19.5 Å². The molecule has 5 heteroatoms. The zero-order chi connectivity index (χ0) is 13.7. The lowest BCUT2D eigenvalue weighted by atomic mass is 10.1. The molecule has 0 fully saturated rings. The minimum Gasteiger partial charge on any atom is -0.441 e. The monoisotopic (exact) mass is 268 g/mol. The molecule has 3 aromatic rings. The topological polar surface area (TPSA) is 69.9 Å². The third-order valence-corrected chi connectivity index (χ3v) is 3.90. The Morgan fingerprint density at radius 1 is 1.35 bits per heavy atom. The third-order valence-electron chi connectivity index (χ3n) is 3.90. The summed E-state index contributed by atoms with van der Waals surface area (Å²) in [6.45, 7) is 3.37. The van der Waals surface area contributed by atoms with Crippen molar-refractivity contribution in [1.82, 2.24) is 14.5 Å². The Kier molecular flexibility index (Phi) is 2.44. The maximum absolute atomic E-state index is 5.80. The van der Waals surface area contributed by atoms with Gasteiger partial charge in [-0.15, -0.1) is 0 Å². The molecule has 3 heterocycles. The van der Waals surface area contributed by atoms with Crippen LogP contribution in [-0.4, -0.2) is 14.5 Å². The Morgan fingerprint density at radius 3 is 3.10 bits per heavy atom. The quantitative estimate of drug-likeness (QED) is 0.774. The van der Waals surface area contributed by atoms with Gasteiger partial charge in [0, 0.05) is 24.7 Å². The lowest BCUT2D eigenvalue weighted by molar-refractivity contribution is 0.561. The second kappa shape index (κ2) is 4.18. The summed E-state index contributed by atoms with van der Waals surface area (Å²) in [5, 5.41) is 0. The molecule has 5 nitrogen and oxygen atoms in total. The standard InChI is InChI=1S/C15H16N4O/c1-9-17-11-7-10(4-5-13(11)20-9)15-12-3-2-6-19(12)14(8-16)18-15/h4-5,7H,2-3,6,8,16H2,1H3. The van der Waals surface area contributed by atoms with Gasteiger partial charge in [0.05, 0.1) is 12.2 Å². The van der Waals surface area contributed by atoms with Crippen molar-refractivity contribution < 1.29 is 4.42 Å². The van der Waals surface area contributed by atoms with E-state index in [-0.39, 0.29) is 0 Å². The molecule has 0 spiro atoms. The molecule has 0 unspecified atom stereocenters. The first kappa shape index (κ1) is 11.7. The number of nitrogens with zero attached hydrogens (tertiary/aromatic N) is 3. The number of hydrogen-bond donors (Lipinski definition) is 1. The highest BCUT2D eigenvalue weighted by molar-refractivity contribution is 5.80. The van der Waals surface area contributed by atoms with Crippen molar-refractivity contribution in [2.75, 3.05) is 0 Å². The van der Waals surface area contributed by atoms with Crippen molar-refractivity contribution in [2.45, 2.75) is 32.9 Å². The second-order valence-electron chi connectivity index (χ2n) is 5.20. The van der Waals surface area contributed by atoms with Crippen LogP contribution < -0.4 is 5.73 Å². The van der Waals surface area contributed by atoms with Crippen LogP contribution in [0.25, 0.3) is 22.4 Å². The molecule has 1 aromatic carbocycles. The molecular weight excluding hydrogens is 252 g/mol. The predicted octanol–water partition coefficient (Wildman–Crippen LogP) is 2.40. The van der Waals surface area contributed by atoms with Gasteiger partial charge >= 0.3 is 0 Å². The van der Waals surface area contributed by atoms with Gasteiger partial charge < -0.3 is 14.7 Å². The smallest absolute Gasteiger partial charge is 0.192 e. The minimum absolute atomic E-state index is 0.484. The SMILES string of the molecule is Cc1nc2cc(-c3nc(CN)n4c3CCC4)ccc2o1. The van der Waals surface area contributed by atoms with E-state index >= 15 is 0 Å². The first-order chi connectivity index (χ1) is 9.76. The van der Waals surface area contributed by atoms with Crippen molar-refractivity contribution in [2.24, 2.45) is 5.73 Å². The van der Waals surface area contributed by atoms with E-state index in [2.05, 4.69) is 15.6 Å². The number of rotatable bonds is 2. The van der Waals surface area contributed by atoms with E-state index < -0.39 is 0 Å². The minimum atomic E-state index is 0.484. The Balaban J connectivity index is 1.90. The van der Waals surface area contributed by atoms with E-state index in [1.165, 1.54) is 12.1 Å². The molecule has 0 radical (unpaired) electrons. The molecule has 4 rings (SSSR count). The van der Waals surface area contributed by atoms with E-state index in [1.54, 1.807) is 0 Å². The molecule has 0 aliphatic carbocycles. The van der Waals surface area contributed by atoms with Crippen LogP contribution in [0.1, 0.15) is 23.8 Å². The largest absolute Gasteiger partial charge is 0.441 e. The fraction of sp³-hybridized carbons (Fsp3) is 0.333. The molecule has 0 bridgehead atoms. The molecule has 0 saturated carbocycles. The van der Waals surface area contributed by atoms with Crippen molar-refractivity contribution in [3.63, 3.8) is 0 Å². The number of benzene rings is 1. The summed E-state index contributed by atoms with van der Waals surface area (Å²) in [6, 6.07) is 6.07. The van der Waals surface area contributed by atoms with Gasteiger partial charge in [0.25, 0.3) is 0 Å². The van der Waals surface area contributed by atoms with Crippen molar-refractivity contribution in [1.29, 1.82) is 0 Å². The van der Waals surface area contributed by atoms with Gasteiger partial charge in [-0.25, -0.2) is 9.97 Å². The number of aromatic nitrogens is 3. The van der Waals surface area contributed by atoms with Gasteiger partial charge in [0.15, 0.2) is 11.5 Å². The summed E-state index contributed by atoms with van der Waals surface area (Å²) in [5.41, 5.74) is 10.9. The molecule has 0 amide bonds. The van der Waals surface area contributed by atoms with Gasteiger partial charge in [-0.1, -0.05) is 0 Å². The summed E-state index contributed by atoms with van der Waals surface area (Å²) in [7, 11) is 0. The molecular formula is C15H16N4O. The van der Waals surface area contributed by atoms with Crippen LogP contribution in [0.5, 0.6) is 0 Å². The van der Waals surface area contributed by atoms with Crippen LogP contribution in [0.4, 0.5) is 0 Å². The molecule has 2 aromatic heterocycles. The normalized spacial score (nSPS) is 14.1. The van der Waals surface area contributed by atoms with E-state index in [0.29, 0.717) is 12.4 Å². The number of nitrogens with two attached hydrogens (primary N) is 1. The van der Waals surface area contributed by atoms with Crippen LogP contribution in [0.3, 0.4) is 0 Å². The van der Waals surface area contributed by atoms with Crippen LogP contribution in [0, 0.1) is 6.92 Å². The molecule has 0 atom stereocenters. The van der Waals surface area contributed by atoms with Gasteiger partial charge in [-0.05, 0) is 31.0 Å². The van der Waals surface area contributed by atoms with Gasteiger partial charge in [0.1, 0.15) is 11.3 Å². The van der Waals surface area contributed by atoms with E-state index in [4.69, 9.17) is 15.1 Å². The maximum atomic E-state index is 5.80. The molecule has 0 saturated heterocycles. The number of oxazole rings is 1. The number of imidazole rings is 1. The number of aryl methyl sites for hydroxylation is 1. The third kappa shape index (κ3) is 1.59. The summed E-state index contributed by atoms with van der Waals surface area (Å²) in [6.07, 6.45) is 2.24. The molecule has 102 valence electrons. The molecule has 1 aliphatic heterocycles. The number of fused-ring (bicyclic) bond motifs is 2. The van der Waals surface area contributed by atoms with Crippen LogP contribution >= 0.6 is 0 Å². The Bertz CT molecular complexity index is 800. The maximum Gasteiger partial charge on any atom is 0.192 e. The number of hydrogen-bond acceptors (Lipinski definition) is 4. The van der Waals surface area contributed by atoms with E-state index in [0.717, 1.165) is 41.1 Å². The zero-order valence-electron chi connectivity index (χ0n) is 11.4. The average molecular weight is 268 g/mol. The van der Waals surface area contributed by atoms with Gasteiger partial charge in [-0.3, -0.25) is 0 Å². The highest BCUT2D eigenvalue weighted by Gasteiger charge is 2.21. The van der Waals surface area contributed by atoms with Crippen molar-refractivity contribution in [3.8, 4) is 11.3 Å². The lowest BCUT2D eigenvalue weighted by Crippen LogP contribution is -2.06. The Labute approximate surface area is 116 Å². The first-order valence-corrected chi connectivity index (χ1v) is 6.92. The highest BCUT2D eigenvalue weighted by Crippen LogP contribution is 2.31. The lowest BCUT2D eigenvalue weighted by Gasteiger charge is -2.00. The fourth-order valence-electron chi connectivity index (χ4n) is 3.04. The average Bonchev–Trinajstić information content (AvgIpc) is 3.09. The molecule has 1 aliphatic rings. The van der Waals surface area contributed by atoms with Crippen molar-refractivity contribution in [3.05, 3.63) is 35.6 Å². The van der Waals surface area contributed by atoms with Crippen LogP contribution in [0.15, 0.2) is 22.6 Å². The second-order valence-corrected chi connectivity index (χ2v) is 5.20. The highest BCUT2D eigenvalue weighted by atomic mass is 16.3. The fourth-order valence-corrected chi connectivity index (χ4v) is 3.04. The molecule has 20 heavy (non-hydrogen) atoms.